The Kier molecular flexibility index (Phi) is 3.50. The van der Waals surface area contributed by atoms with E-state index in [1.165, 1.54) is 10.4 Å². The lowest BCUT2D eigenvalue weighted by molar-refractivity contribution is 0.328. The van der Waals surface area contributed by atoms with Crippen molar-refractivity contribution in [3.63, 3.8) is 0 Å². The Bertz CT molecular complexity index is 757. The number of hydrogen-bond donors (Lipinski definition) is 0. The van der Waals surface area contributed by atoms with Crippen LogP contribution in [-0.4, -0.2) is 51.3 Å². The molecule has 1 aromatic carbocycles. The van der Waals surface area contributed by atoms with E-state index in [0.717, 1.165) is 0 Å². The molecule has 8 heteroatoms. The maximum atomic E-state index is 12.8. The van der Waals surface area contributed by atoms with Gasteiger partial charge >= 0.3 is 0 Å². The van der Waals surface area contributed by atoms with Gasteiger partial charge in [0.2, 0.25) is 10.0 Å². The number of sulfonamides is 1. The van der Waals surface area contributed by atoms with Crippen molar-refractivity contribution in [2.75, 3.05) is 18.9 Å². The smallest absolute Gasteiger partial charge is 0.247 e. The summed E-state index contributed by atoms with van der Waals surface area (Å²) in [5.41, 5.74) is 0. The Morgan fingerprint density at radius 1 is 1.33 bits per heavy atom. The first-order chi connectivity index (χ1) is 9.86. The van der Waals surface area contributed by atoms with Gasteiger partial charge in [0.1, 0.15) is 10.6 Å². The molecule has 0 spiro atoms. The maximum absolute atomic E-state index is 12.8. The van der Waals surface area contributed by atoms with Crippen LogP contribution in [0.3, 0.4) is 0 Å². The summed E-state index contributed by atoms with van der Waals surface area (Å²) in [6, 6.07) is 6.02. The fourth-order valence-electron chi connectivity index (χ4n) is 3.02. The van der Waals surface area contributed by atoms with Crippen LogP contribution in [0.5, 0.6) is 5.75 Å². The molecule has 2 saturated heterocycles. The summed E-state index contributed by atoms with van der Waals surface area (Å²) >= 11 is 0. The first-order valence-corrected chi connectivity index (χ1v) is 9.97. The molecular weight excluding hydrogens is 314 g/mol. The molecule has 6 nitrogen and oxygen atoms in total. The minimum atomic E-state index is -3.73. The van der Waals surface area contributed by atoms with Crippen LogP contribution in [0, 0.1) is 0 Å². The van der Waals surface area contributed by atoms with E-state index < -0.39 is 31.2 Å². The number of fused-ring (bicyclic) bond motifs is 2. The van der Waals surface area contributed by atoms with E-state index in [1.54, 1.807) is 25.1 Å². The van der Waals surface area contributed by atoms with Gasteiger partial charge < -0.3 is 4.74 Å². The zero-order valence-electron chi connectivity index (χ0n) is 11.6. The van der Waals surface area contributed by atoms with Gasteiger partial charge in [0.15, 0.2) is 9.84 Å². The highest BCUT2D eigenvalue weighted by molar-refractivity contribution is 7.93. The molecular formula is C13H17NO5S2. The third kappa shape index (κ3) is 2.35. The Morgan fingerprint density at radius 3 is 2.62 bits per heavy atom. The lowest BCUT2D eigenvalue weighted by Gasteiger charge is -2.26. The Hall–Kier alpha value is -1.12. The van der Waals surface area contributed by atoms with Crippen molar-refractivity contribution in [1.82, 2.24) is 4.31 Å². The summed E-state index contributed by atoms with van der Waals surface area (Å²) < 4.78 is 55.8. The van der Waals surface area contributed by atoms with Crippen molar-refractivity contribution in [3.8, 4) is 5.75 Å². The molecule has 3 rings (SSSR count). The molecule has 0 amide bonds. The second-order valence-corrected chi connectivity index (χ2v) is 9.48. The van der Waals surface area contributed by atoms with Crippen LogP contribution in [0.15, 0.2) is 29.2 Å². The molecule has 0 aliphatic carbocycles. The van der Waals surface area contributed by atoms with Gasteiger partial charge in [-0.3, -0.25) is 0 Å². The average Bonchev–Trinajstić information content (AvgIpc) is 2.95. The third-order valence-electron chi connectivity index (χ3n) is 3.99. The Morgan fingerprint density at radius 2 is 2.05 bits per heavy atom. The molecule has 0 aromatic heterocycles. The molecule has 2 aliphatic rings. The van der Waals surface area contributed by atoms with E-state index in [4.69, 9.17) is 4.74 Å². The van der Waals surface area contributed by atoms with Crippen molar-refractivity contribution in [1.29, 1.82) is 0 Å². The molecule has 0 saturated carbocycles. The Balaban J connectivity index is 1.97. The first kappa shape index (κ1) is 14.8. The number of benzene rings is 1. The largest absolute Gasteiger partial charge is 0.492 e. The summed E-state index contributed by atoms with van der Waals surface area (Å²) in [4.78, 5) is 0.108. The van der Waals surface area contributed by atoms with Crippen LogP contribution < -0.4 is 4.74 Å². The molecule has 0 N–H and O–H groups in total. The molecule has 2 bridgehead atoms. The van der Waals surface area contributed by atoms with Gasteiger partial charge in [0.25, 0.3) is 0 Å². The third-order valence-corrected chi connectivity index (χ3v) is 8.16. The zero-order chi connectivity index (χ0) is 15.3. The topological polar surface area (TPSA) is 80.8 Å². The van der Waals surface area contributed by atoms with Crippen molar-refractivity contribution < 1.29 is 21.6 Å². The van der Waals surface area contributed by atoms with E-state index in [9.17, 15) is 16.8 Å². The average molecular weight is 331 g/mol. The van der Waals surface area contributed by atoms with Gasteiger partial charge in [0.05, 0.1) is 17.6 Å². The van der Waals surface area contributed by atoms with Gasteiger partial charge in [-0.15, -0.1) is 0 Å². The summed E-state index contributed by atoms with van der Waals surface area (Å²) in [7, 11) is -6.85. The van der Waals surface area contributed by atoms with Gasteiger partial charge in [-0.1, -0.05) is 12.1 Å². The van der Waals surface area contributed by atoms with Crippen LogP contribution in [0.1, 0.15) is 13.3 Å². The Labute approximate surface area is 124 Å². The maximum Gasteiger partial charge on any atom is 0.247 e. The normalized spacial score (nSPS) is 27.9. The van der Waals surface area contributed by atoms with Crippen LogP contribution in [0.25, 0.3) is 0 Å². The van der Waals surface area contributed by atoms with Crippen molar-refractivity contribution >= 4 is 19.9 Å². The van der Waals surface area contributed by atoms with Gasteiger partial charge in [-0.2, -0.15) is 4.31 Å². The minimum absolute atomic E-state index is 0.0514. The molecule has 2 heterocycles. The van der Waals surface area contributed by atoms with Crippen LogP contribution in [-0.2, 0) is 19.9 Å². The number of sulfone groups is 1. The van der Waals surface area contributed by atoms with Crippen LogP contribution >= 0.6 is 0 Å². The second kappa shape index (κ2) is 4.96. The summed E-state index contributed by atoms with van der Waals surface area (Å²) in [5.74, 6) is 0.235. The van der Waals surface area contributed by atoms with E-state index in [0.29, 0.717) is 18.8 Å². The van der Waals surface area contributed by atoms with Crippen molar-refractivity contribution in [2.45, 2.75) is 29.5 Å². The monoisotopic (exact) mass is 331 g/mol. The molecule has 2 fully saturated rings. The predicted molar refractivity (Wildman–Crippen MR) is 77.5 cm³/mol. The van der Waals surface area contributed by atoms with E-state index in [2.05, 4.69) is 0 Å². The lowest BCUT2D eigenvalue weighted by Crippen LogP contribution is -2.44. The van der Waals surface area contributed by atoms with Gasteiger partial charge in [-0.05, 0) is 25.5 Å². The highest BCUT2D eigenvalue weighted by atomic mass is 32.2. The fourth-order valence-corrected chi connectivity index (χ4v) is 7.05. The SMILES string of the molecule is CCOc1ccccc1S(=O)(=O)N1CC2CC1CS2(=O)=O. The number of para-hydroxylation sites is 1. The van der Waals surface area contributed by atoms with Gasteiger partial charge in [0, 0.05) is 12.6 Å². The molecule has 0 radical (unpaired) electrons. The van der Waals surface area contributed by atoms with E-state index in [1.807, 2.05) is 0 Å². The standard InChI is InChI=1S/C13H17NO5S2/c1-2-19-12-5-3-4-6-13(12)21(17,18)14-8-11-7-10(14)9-20(11,15)16/h3-6,10-11H,2,7-9H2,1H3. The van der Waals surface area contributed by atoms with Crippen LogP contribution in [0.4, 0.5) is 0 Å². The summed E-state index contributed by atoms with van der Waals surface area (Å²) in [6.45, 7) is 2.20. The zero-order valence-corrected chi connectivity index (χ0v) is 13.2. The van der Waals surface area contributed by atoms with Crippen LogP contribution in [0.2, 0.25) is 0 Å². The summed E-state index contributed by atoms with van der Waals surface area (Å²) in [5, 5.41) is -0.559. The molecule has 2 atom stereocenters. The number of ether oxygens (including phenoxy) is 1. The predicted octanol–water partition coefficient (Wildman–Crippen LogP) is 0.645. The quantitative estimate of drug-likeness (QED) is 0.809. The first-order valence-electron chi connectivity index (χ1n) is 6.81. The highest BCUT2D eigenvalue weighted by Gasteiger charge is 2.52. The number of hydrogen-bond acceptors (Lipinski definition) is 5. The van der Waals surface area contributed by atoms with Crippen molar-refractivity contribution in [2.24, 2.45) is 0 Å². The molecule has 116 valence electrons. The highest BCUT2D eigenvalue weighted by Crippen LogP contribution is 2.38. The fraction of sp³-hybridized carbons (Fsp3) is 0.538. The molecule has 1 aromatic rings. The summed E-state index contributed by atoms with van der Waals surface area (Å²) in [6.07, 6.45) is 0.401. The number of rotatable bonds is 4. The lowest BCUT2D eigenvalue weighted by atomic mass is 10.3. The minimum Gasteiger partial charge on any atom is -0.492 e. The second-order valence-electron chi connectivity index (χ2n) is 5.30. The van der Waals surface area contributed by atoms with E-state index in [-0.39, 0.29) is 17.2 Å². The number of nitrogens with zero attached hydrogens (tertiary/aromatic N) is 1. The van der Waals surface area contributed by atoms with Crippen molar-refractivity contribution in [3.05, 3.63) is 24.3 Å². The molecule has 2 unspecified atom stereocenters. The molecule has 2 aliphatic heterocycles. The van der Waals surface area contributed by atoms with Gasteiger partial charge in [-0.25, -0.2) is 16.8 Å². The van der Waals surface area contributed by atoms with E-state index >= 15 is 0 Å². The molecule has 21 heavy (non-hydrogen) atoms.